The molecule has 5 nitrogen and oxygen atoms in total. The van der Waals surface area contributed by atoms with Crippen molar-refractivity contribution in [3.8, 4) is 0 Å². The molecule has 3 N–H and O–H groups in total. The van der Waals surface area contributed by atoms with E-state index in [1.807, 2.05) is 0 Å². The zero-order valence-electron chi connectivity index (χ0n) is 11.3. The molecule has 0 fully saturated rings. The summed E-state index contributed by atoms with van der Waals surface area (Å²) in [5, 5.41) is 14.7. The van der Waals surface area contributed by atoms with E-state index >= 15 is 0 Å². The van der Waals surface area contributed by atoms with Gasteiger partial charge in [0.2, 0.25) is 0 Å². The average molecular weight is 364 g/mol. The molecule has 1 aromatic rings. The van der Waals surface area contributed by atoms with Gasteiger partial charge in [-0.25, -0.2) is 9.59 Å². The van der Waals surface area contributed by atoms with E-state index in [0.717, 1.165) is 0 Å². The Morgan fingerprint density at radius 3 is 2.40 bits per heavy atom. The van der Waals surface area contributed by atoms with Crippen molar-refractivity contribution in [1.29, 1.82) is 0 Å². The Labute approximate surface area is 130 Å². The van der Waals surface area contributed by atoms with E-state index in [9.17, 15) is 9.59 Å². The summed E-state index contributed by atoms with van der Waals surface area (Å²) in [5.74, 6) is -1.08. The Hall–Kier alpha value is -1.27. The van der Waals surface area contributed by atoms with Crippen molar-refractivity contribution < 1.29 is 14.7 Å². The molecule has 1 rings (SSSR count). The van der Waals surface area contributed by atoms with Crippen LogP contribution in [0.2, 0.25) is 5.02 Å². The van der Waals surface area contributed by atoms with E-state index in [1.165, 1.54) is 0 Å². The van der Waals surface area contributed by atoms with Gasteiger partial charge in [-0.15, -0.1) is 0 Å². The lowest BCUT2D eigenvalue weighted by Gasteiger charge is -2.27. The van der Waals surface area contributed by atoms with Crippen LogP contribution in [0.3, 0.4) is 0 Å². The number of urea groups is 1. The number of anilines is 1. The lowest BCUT2D eigenvalue weighted by Crippen LogP contribution is -2.50. The molecule has 1 unspecified atom stereocenters. The maximum absolute atomic E-state index is 11.8. The van der Waals surface area contributed by atoms with Crippen LogP contribution in [0.5, 0.6) is 0 Å². The first kappa shape index (κ1) is 16.8. The van der Waals surface area contributed by atoms with Crippen LogP contribution >= 0.6 is 27.5 Å². The topological polar surface area (TPSA) is 78.4 Å². The fraction of sp³-hybridized carbons (Fsp3) is 0.385. The number of hydrogen-bond donors (Lipinski definition) is 3. The molecule has 0 saturated heterocycles. The SMILES string of the molecule is CC(C)(C)C(NC(=O)Nc1ccc(Cl)c(Br)c1)C(=O)O. The molecule has 0 aliphatic rings. The molecule has 0 aliphatic carbocycles. The number of amides is 2. The Bertz CT molecular complexity index is 529. The molecule has 2 amide bonds. The summed E-state index contributed by atoms with van der Waals surface area (Å²) in [4.78, 5) is 23.0. The number of carbonyl (C=O) groups is 2. The fourth-order valence-electron chi connectivity index (χ4n) is 1.52. The van der Waals surface area contributed by atoms with E-state index in [2.05, 4.69) is 26.6 Å². The Kier molecular flexibility index (Phi) is 5.42. The first-order valence-corrected chi connectivity index (χ1v) is 7.03. The number of nitrogens with one attached hydrogen (secondary N) is 2. The largest absolute Gasteiger partial charge is 0.480 e. The van der Waals surface area contributed by atoms with E-state index in [-0.39, 0.29) is 0 Å². The zero-order chi connectivity index (χ0) is 15.5. The third-order valence-electron chi connectivity index (χ3n) is 2.57. The number of rotatable bonds is 3. The summed E-state index contributed by atoms with van der Waals surface area (Å²) in [5.41, 5.74) is -0.0826. The second kappa shape index (κ2) is 6.45. The molecule has 0 aromatic heterocycles. The lowest BCUT2D eigenvalue weighted by atomic mass is 9.87. The summed E-state index contributed by atoms with van der Waals surface area (Å²) >= 11 is 9.09. The zero-order valence-corrected chi connectivity index (χ0v) is 13.7. The summed E-state index contributed by atoms with van der Waals surface area (Å²) < 4.78 is 0.641. The predicted octanol–water partition coefficient (Wildman–Crippen LogP) is 3.72. The van der Waals surface area contributed by atoms with Gasteiger partial charge in [-0.05, 0) is 39.5 Å². The monoisotopic (exact) mass is 362 g/mol. The molecule has 0 saturated carbocycles. The van der Waals surface area contributed by atoms with Gasteiger partial charge >= 0.3 is 12.0 Å². The van der Waals surface area contributed by atoms with Gasteiger partial charge < -0.3 is 15.7 Å². The van der Waals surface area contributed by atoms with Gasteiger partial charge in [0.25, 0.3) is 0 Å². The highest BCUT2D eigenvalue weighted by Crippen LogP contribution is 2.25. The van der Waals surface area contributed by atoms with E-state index < -0.39 is 23.5 Å². The number of carboxylic acids is 1. The molecular formula is C13H16BrClN2O3. The van der Waals surface area contributed by atoms with Crippen LogP contribution < -0.4 is 10.6 Å². The summed E-state index contributed by atoms with van der Waals surface area (Å²) in [6.45, 7) is 5.22. The molecule has 110 valence electrons. The minimum absolute atomic E-state index is 0.511. The van der Waals surface area contributed by atoms with Gasteiger partial charge in [-0.2, -0.15) is 0 Å². The lowest BCUT2D eigenvalue weighted by molar-refractivity contribution is -0.141. The van der Waals surface area contributed by atoms with Gasteiger partial charge in [0, 0.05) is 10.2 Å². The molecular weight excluding hydrogens is 348 g/mol. The molecule has 0 spiro atoms. The van der Waals surface area contributed by atoms with Gasteiger partial charge in [0.15, 0.2) is 0 Å². The quantitative estimate of drug-likeness (QED) is 0.766. The Morgan fingerprint density at radius 2 is 1.95 bits per heavy atom. The van der Waals surface area contributed by atoms with Crippen molar-refractivity contribution in [2.75, 3.05) is 5.32 Å². The minimum Gasteiger partial charge on any atom is -0.480 e. The summed E-state index contributed by atoms with van der Waals surface area (Å²) in [6.07, 6.45) is 0. The normalized spacial score (nSPS) is 12.7. The van der Waals surface area contributed by atoms with Crippen molar-refractivity contribution in [3.63, 3.8) is 0 Å². The van der Waals surface area contributed by atoms with Crippen LogP contribution in [-0.4, -0.2) is 23.1 Å². The smallest absolute Gasteiger partial charge is 0.326 e. The van der Waals surface area contributed by atoms with Gasteiger partial charge in [-0.3, -0.25) is 0 Å². The van der Waals surface area contributed by atoms with Crippen molar-refractivity contribution in [2.45, 2.75) is 26.8 Å². The average Bonchev–Trinajstić information content (AvgIpc) is 2.29. The second-order valence-electron chi connectivity index (χ2n) is 5.36. The van der Waals surface area contributed by atoms with E-state index in [1.54, 1.807) is 39.0 Å². The molecule has 1 atom stereocenters. The number of carboxylic acid groups (broad SMARTS) is 1. The molecule has 1 aromatic carbocycles. The highest BCUT2D eigenvalue weighted by molar-refractivity contribution is 9.10. The van der Waals surface area contributed by atoms with E-state index in [0.29, 0.717) is 15.2 Å². The van der Waals surface area contributed by atoms with Gasteiger partial charge in [-0.1, -0.05) is 32.4 Å². The van der Waals surface area contributed by atoms with Crippen LogP contribution in [0.25, 0.3) is 0 Å². The van der Waals surface area contributed by atoms with Crippen LogP contribution in [0.1, 0.15) is 20.8 Å². The van der Waals surface area contributed by atoms with Crippen LogP contribution in [0.15, 0.2) is 22.7 Å². The van der Waals surface area contributed by atoms with E-state index in [4.69, 9.17) is 16.7 Å². The van der Waals surface area contributed by atoms with Gasteiger partial charge in [0.05, 0.1) is 5.02 Å². The molecule has 0 bridgehead atoms. The predicted molar refractivity (Wildman–Crippen MR) is 82.2 cm³/mol. The highest BCUT2D eigenvalue weighted by Gasteiger charge is 2.32. The number of carbonyl (C=O) groups excluding carboxylic acids is 1. The standard InChI is InChI=1S/C13H16BrClN2O3/c1-13(2,3)10(11(18)19)17-12(20)16-7-4-5-9(15)8(14)6-7/h4-6,10H,1-3H3,(H,18,19)(H2,16,17,20). The molecule has 20 heavy (non-hydrogen) atoms. The molecule has 0 radical (unpaired) electrons. The summed E-state index contributed by atoms with van der Waals surface area (Å²) in [6, 6.07) is 3.31. The van der Waals surface area contributed by atoms with Crippen molar-refractivity contribution in [2.24, 2.45) is 5.41 Å². The number of aliphatic carboxylic acids is 1. The Morgan fingerprint density at radius 1 is 1.35 bits per heavy atom. The first-order chi connectivity index (χ1) is 9.11. The summed E-state index contributed by atoms with van der Waals surface area (Å²) in [7, 11) is 0. The first-order valence-electron chi connectivity index (χ1n) is 5.86. The number of halogens is 2. The second-order valence-corrected chi connectivity index (χ2v) is 6.63. The van der Waals surface area contributed by atoms with Gasteiger partial charge in [0.1, 0.15) is 6.04 Å². The number of benzene rings is 1. The minimum atomic E-state index is -1.08. The molecule has 0 heterocycles. The maximum Gasteiger partial charge on any atom is 0.326 e. The third kappa shape index (κ3) is 4.68. The van der Waals surface area contributed by atoms with Crippen LogP contribution in [0.4, 0.5) is 10.5 Å². The Balaban J connectivity index is 2.76. The highest BCUT2D eigenvalue weighted by atomic mass is 79.9. The van der Waals surface area contributed by atoms with Crippen molar-refractivity contribution in [1.82, 2.24) is 5.32 Å². The maximum atomic E-state index is 11.8. The number of hydrogen-bond acceptors (Lipinski definition) is 2. The third-order valence-corrected chi connectivity index (χ3v) is 3.78. The van der Waals surface area contributed by atoms with Crippen LogP contribution in [0, 0.1) is 5.41 Å². The molecule has 0 aliphatic heterocycles. The molecule has 7 heteroatoms. The van der Waals surface area contributed by atoms with Crippen LogP contribution in [-0.2, 0) is 4.79 Å². The fourth-order valence-corrected chi connectivity index (χ4v) is 2.02. The van der Waals surface area contributed by atoms with Crippen molar-refractivity contribution >= 4 is 45.2 Å². The van der Waals surface area contributed by atoms with Crippen molar-refractivity contribution in [3.05, 3.63) is 27.7 Å².